The average Bonchev–Trinajstić information content (AvgIpc) is 2.77. The lowest BCUT2D eigenvalue weighted by atomic mass is 9.96. The summed E-state index contributed by atoms with van der Waals surface area (Å²) in [6, 6.07) is 10.9. The van der Waals surface area contributed by atoms with E-state index in [1.54, 1.807) is 0 Å². The third kappa shape index (κ3) is 5.15. The summed E-state index contributed by atoms with van der Waals surface area (Å²) in [7, 11) is -2.91. The van der Waals surface area contributed by atoms with Crippen LogP contribution < -0.4 is 15.2 Å². The van der Waals surface area contributed by atoms with Gasteiger partial charge in [-0.15, -0.1) is 0 Å². The molecule has 0 radical (unpaired) electrons. The van der Waals surface area contributed by atoms with Crippen LogP contribution in [0.3, 0.4) is 0 Å². The van der Waals surface area contributed by atoms with Gasteiger partial charge >= 0.3 is 6.18 Å². The Hall–Kier alpha value is -3.97. The Bertz CT molecular complexity index is 1390. The number of nitro benzene ring substituents is 1. The number of sulfonamides is 1. The van der Waals surface area contributed by atoms with Crippen LogP contribution in [-0.2, 0) is 16.2 Å². The van der Waals surface area contributed by atoms with Crippen LogP contribution in [0.15, 0.2) is 65.6 Å². The van der Waals surface area contributed by atoms with Crippen LogP contribution in [-0.4, -0.2) is 26.4 Å². The maximum absolute atomic E-state index is 13.4. The maximum Gasteiger partial charge on any atom is 0.417 e. The van der Waals surface area contributed by atoms with Gasteiger partial charge in [-0.1, -0.05) is 18.2 Å². The highest BCUT2D eigenvalue weighted by atomic mass is 32.2. The Balaban J connectivity index is 2.00. The minimum absolute atomic E-state index is 0.0865. The standard InChI is InChI=1S/C21H16F3N3O6S/c1-33-18-11-13(7-9-19(18)34(25,31)32)26-20(28)12-6-8-15(17(10-12)27(29)30)14-4-2-3-5-16(14)21(22,23)24/h2-11H,1H3,(H,26,28)(H2,25,31,32). The monoisotopic (exact) mass is 495 g/mol. The molecule has 0 fully saturated rings. The zero-order valence-corrected chi connectivity index (χ0v) is 18.1. The average molecular weight is 495 g/mol. The fourth-order valence-corrected chi connectivity index (χ4v) is 3.88. The number of alkyl halides is 3. The number of hydrogen-bond donors (Lipinski definition) is 2. The molecule has 0 aliphatic carbocycles. The molecule has 3 rings (SSSR count). The molecule has 0 bridgehead atoms. The van der Waals surface area contributed by atoms with E-state index in [0.717, 1.165) is 42.5 Å². The molecule has 1 amide bonds. The van der Waals surface area contributed by atoms with Gasteiger partial charge in [-0.25, -0.2) is 13.6 Å². The summed E-state index contributed by atoms with van der Waals surface area (Å²) in [6.07, 6.45) is -4.75. The van der Waals surface area contributed by atoms with E-state index in [9.17, 15) is 36.5 Å². The summed E-state index contributed by atoms with van der Waals surface area (Å²) >= 11 is 0. The second kappa shape index (κ2) is 9.11. The SMILES string of the molecule is COc1cc(NC(=O)c2ccc(-c3ccccc3C(F)(F)F)c([N+](=O)[O-])c2)ccc1S(N)(=O)=O. The minimum atomic E-state index is -4.75. The highest BCUT2D eigenvalue weighted by Crippen LogP contribution is 2.40. The van der Waals surface area contributed by atoms with Crippen LogP contribution in [0.2, 0.25) is 0 Å². The number of nitrogens with zero attached hydrogens (tertiary/aromatic N) is 1. The minimum Gasteiger partial charge on any atom is -0.495 e. The number of primary sulfonamides is 1. The van der Waals surface area contributed by atoms with Crippen molar-refractivity contribution >= 4 is 27.3 Å². The molecule has 0 aromatic heterocycles. The molecule has 178 valence electrons. The number of nitrogens with two attached hydrogens (primary N) is 1. The zero-order valence-electron chi connectivity index (χ0n) is 17.3. The van der Waals surface area contributed by atoms with Crippen molar-refractivity contribution in [2.24, 2.45) is 5.14 Å². The lowest BCUT2D eigenvalue weighted by Crippen LogP contribution is -2.15. The zero-order chi connectivity index (χ0) is 25.3. The molecule has 0 unspecified atom stereocenters. The van der Waals surface area contributed by atoms with Gasteiger partial charge in [0.15, 0.2) is 0 Å². The Labute approximate surface area is 191 Å². The molecular formula is C21H16F3N3O6S. The molecule has 0 saturated carbocycles. The van der Waals surface area contributed by atoms with E-state index in [0.29, 0.717) is 0 Å². The molecule has 0 aliphatic rings. The second-order valence-corrected chi connectivity index (χ2v) is 8.43. The van der Waals surface area contributed by atoms with Crippen molar-refractivity contribution < 1.29 is 36.0 Å². The van der Waals surface area contributed by atoms with Gasteiger partial charge in [0.25, 0.3) is 11.6 Å². The molecule has 3 N–H and O–H groups in total. The van der Waals surface area contributed by atoms with Crippen molar-refractivity contribution in [3.8, 4) is 16.9 Å². The molecule has 0 aliphatic heterocycles. The van der Waals surface area contributed by atoms with Crippen molar-refractivity contribution in [2.75, 3.05) is 12.4 Å². The van der Waals surface area contributed by atoms with E-state index in [2.05, 4.69) is 5.32 Å². The van der Waals surface area contributed by atoms with Gasteiger partial charge in [0.2, 0.25) is 10.0 Å². The Morgan fingerprint density at radius 3 is 2.32 bits per heavy atom. The quantitative estimate of drug-likeness (QED) is 0.388. The number of amides is 1. The third-order valence-electron chi connectivity index (χ3n) is 4.71. The molecule has 13 heteroatoms. The predicted octanol–water partition coefficient (Wildman–Crippen LogP) is 4.19. The molecule has 3 aromatic rings. The molecule has 3 aromatic carbocycles. The highest BCUT2D eigenvalue weighted by molar-refractivity contribution is 7.89. The molecule has 9 nitrogen and oxygen atoms in total. The summed E-state index contributed by atoms with van der Waals surface area (Å²) in [5.74, 6) is -0.977. The van der Waals surface area contributed by atoms with Crippen LogP contribution in [0.1, 0.15) is 15.9 Å². The molecule has 0 heterocycles. The first-order valence-corrected chi connectivity index (χ1v) is 10.8. The first-order chi connectivity index (χ1) is 15.8. The summed E-state index contributed by atoms with van der Waals surface area (Å²) in [4.78, 5) is 23.0. The number of carbonyl (C=O) groups excluding carboxylic acids is 1. The van der Waals surface area contributed by atoms with Crippen molar-refractivity contribution in [1.82, 2.24) is 0 Å². The number of rotatable bonds is 6. The topological polar surface area (TPSA) is 142 Å². The van der Waals surface area contributed by atoms with E-state index < -0.39 is 43.8 Å². The van der Waals surface area contributed by atoms with E-state index in [1.165, 1.54) is 25.3 Å². The Morgan fingerprint density at radius 2 is 1.74 bits per heavy atom. The third-order valence-corrected chi connectivity index (χ3v) is 5.66. The number of methoxy groups -OCH3 is 1. The number of carbonyl (C=O) groups is 1. The number of benzene rings is 3. The van der Waals surface area contributed by atoms with Gasteiger partial charge in [-0.2, -0.15) is 13.2 Å². The van der Waals surface area contributed by atoms with Gasteiger partial charge in [0, 0.05) is 28.9 Å². The van der Waals surface area contributed by atoms with Gasteiger partial charge in [0.05, 0.1) is 23.2 Å². The Morgan fingerprint density at radius 1 is 1.06 bits per heavy atom. The fraction of sp³-hybridized carbons (Fsp3) is 0.0952. The lowest BCUT2D eigenvalue weighted by molar-refractivity contribution is -0.384. The van der Waals surface area contributed by atoms with Gasteiger partial charge in [-0.3, -0.25) is 14.9 Å². The van der Waals surface area contributed by atoms with Gasteiger partial charge < -0.3 is 10.1 Å². The van der Waals surface area contributed by atoms with E-state index in [4.69, 9.17) is 9.88 Å². The van der Waals surface area contributed by atoms with Crippen molar-refractivity contribution in [2.45, 2.75) is 11.1 Å². The van der Waals surface area contributed by atoms with Crippen LogP contribution in [0.25, 0.3) is 11.1 Å². The van der Waals surface area contributed by atoms with Crippen LogP contribution in [0.5, 0.6) is 5.75 Å². The maximum atomic E-state index is 13.4. The van der Waals surface area contributed by atoms with Crippen LogP contribution >= 0.6 is 0 Å². The number of halogens is 3. The number of nitrogens with one attached hydrogen (secondary N) is 1. The summed E-state index contributed by atoms with van der Waals surface area (Å²) in [6.45, 7) is 0. The first kappa shape index (κ1) is 24.7. The normalized spacial score (nSPS) is 11.7. The molecule has 0 atom stereocenters. The summed E-state index contributed by atoms with van der Waals surface area (Å²) in [5.41, 5.74) is -2.60. The fourth-order valence-electron chi connectivity index (χ4n) is 3.20. The number of hydrogen-bond acceptors (Lipinski definition) is 6. The van der Waals surface area contributed by atoms with Gasteiger partial charge in [-0.05, 0) is 30.3 Å². The first-order valence-electron chi connectivity index (χ1n) is 9.30. The van der Waals surface area contributed by atoms with Gasteiger partial charge in [0.1, 0.15) is 10.6 Å². The number of nitro groups is 1. The molecule has 34 heavy (non-hydrogen) atoms. The number of ether oxygens (including phenoxy) is 1. The molecule has 0 spiro atoms. The second-order valence-electron chi connectivity index (χ2n) is 6.90. The number of anilines is 1. The predicted molar refractivity (Wildman–Crippen MR) is 116 cm³/mol. The van der Waals surface area contributed by atoms with E-state index >= 15 is 0 Å². The molecular weight excluding hydrogens is 479 g/mol. The smallest absolute Gasteiger partial charge is 0.417 e. The van der Waals surface area contributed by atoms with Crippen molar-refractivity contribution in [1.29, 1.82) is 0 Å². The Kier molecular flexibility index (Phi) is 6.61. The van der Waals surface area contributed by atoms with Crippen LogP contribution in [0, 0.1) is 10.1 Å². The lowest BCUT2D eigenvalue weighted by Gasteiger charge is -2.14. The van der Waals surface area contributed by atoms with Crippen LogP contribution in [0.4, 0.5) is 24.5 Å². The highest BCUT2D eigenvalue weighted by Gasteiger charge is 2.35. The summed E-state index contributed by atoms with van der Waals surface area (Å²) in [5, 5.41) is 19.1. The molecule has 0 saturated heterocycles. The van der Waals surface area contributed by atoms with Crippen molar-refractivity contribution in [3.63, 3.8) is 0 Å². The largest absolute Gasteiger partial charge is 0.495 e. The van der Waals surface area contributed by atoms with E-state index in [1.807, 2.05) is 0 Å². The van der Waals surface area contributed by atoms with Crippen molar-refractivity contribution in [3.05, 3.63) is 81.9 Å². The van der Waals surface area contributed by atoms with E-state index in [-0.39, 0.29) is 27.5 Å². The summed E-state index contributed by atoms with van der Waals surface area (Å²) < 4.78 is 68.3.